The van der Waals surface area contributed by atoms with Crippen LogP contribution in [0.3, 0.4) is 0 Å². The molecule has 248 valence electrons. The van der Waals surface area contributed by atoms with Crippen molar-refractivity contribution in [2.75, 3.05) is 52.4 Å². The Bertz CT molecular complexity index is 1270. The van der Waals surface area contributed by atoms with Crippen LogP contribution in [-0.2, 0) is 9.59 Å². The number of amides is 2. The van der Waals surface area contributed by atoms with Crippen LogP contribution >= 0.6 is 0 Å². The highest BCUT2D eigenvalue weighted by atomic mass is 19.4. The molecular weight excluding hydrogens is 602 g/mol. The van der Waals surface area contributed by atoms with Gasteiger partial charge in [-0.2, -0.15) is 26.3 Å². The Morgan fingerprint density at radius 2 is 1.51 bits per heavy atom. The van der Waals surface area contributed by atoms with E-state index in [0.717, 1.165) is 28.9 Å². The number of carbonyl (C=O) groups excluding carboxylic acids is 2. The molecule has 1 saturated carbocycles. The fraction of sp³-hybridized carbons (Fsp3) is 0.625. The maximum Gasteiger partial charge on any atom is 0.389 e. The quantitative estimate of drug-likeness (QED) is 0.421. The summed E-state index contributed by atoms with van der Waals surface area (Å²) >= 11 is 0. The van der Waals surface area contributed by atoms with Gasteiger partial charge >= 0.3 is 12.4 Å². The van der Waals surface area contributed by atoms with Gasteiger partial charge in [-0.3, -0.25) is 9.59 Å². The number of rotatable bonds is 7. The molecule has 1 aromatic rings. The largest absolute Gasteiger partial charge is 0.389 e. The molecule has 2 amide bonds. The lowest BCUT2D eigenvalue weighted by atomic mass is 9.65. The maximum atomic E-state index is 13.8. The predicted molar refractivity (Wildman–Crippen MR) is 155 cm³/mol. The molecule has 7 nitrogen and oxygen atoms in total. The van der Waals surface area contributed by atoms with E-state index in [1.165, 1.54) is 0 Å². The second-order valence-corrected chi connectivity index (χ2v) is 12.9. The fourth-order valence-corrected chi connectivity index (χ4v) is 7.52. The first-order valence-electron chi connectivity index (χ1n) is 15.6. The molecule has 13 heteroatoms. The maximum absolute atomic E-state index is 13.8. The molecule has 1 aliphatic carbocycles. The Hall–Kier alpha value is -3.06. The number of aliphatic hydroxyl groups is 1. The van der Waals surface area contributed by atoms with Gasteiger partial charge in [0.2, 0.25) is 5.91 Å². The predicted octanol–water partition coefficient (Wildman–Crippen LogP) is 4.75. The van der Waals surface area contributed by atoms with Gasteiger partial charge in [0.15, 0.2) is 0 Å². The summed E-state index contributed by atoms with van der Waals surface area (Å²) in [6.07, 6.45) is -7.41. The second kappa shape index (κ2) is 13.0. The molecule has 4 aliphatic rings. The smallest absolute Gasteiger partial charge is 0.387 e. The third-order valence-corrected chi connectivity index (χ3v) is 9.77. The number of hydrogen-bond donors (Lipinski definition) is 2. The highest BCUT2D eigenvalue weighted by Gasteiger charge is 2.57. The van der Waals surface area contributed by atoms with Crippen LogP contribution in [0.15, 0.2) is 48.2 Å². The van der Waals surface area contributed by atoms with E-state index in [0.29, 0.717) is 51.1 Å². The summed E-state index contributed by atoms with van der Waals surface area (Å²) in [7, 11) is 0. The molecule has 2 N–H and O–H groups in total. The van der Waals surface area contributed by atoms with Crippen LogP contribution in [-0.4, -0.2) is 102 Å². The van der Waals surface area contributed by atoms with Crippen LogP contribution in [0.4, 0.5) is 26.3 Å². The molecule has 3 aliphatic heterocycles. The van der Waals surface area contributed by atoms with Crippen molar-refractivity contribution in [2.45, 2.75) is 62.9 Å². The molecule has 5 rings (SSSR count). The first-order chi connectivity index (χ1) is 21.2. The van der Waals surface area contributed by atoms with Crippen LogP contribution in [0.5, 0.6) is 0 Å². The number of likely N-dealkylation sites (tertiary alicyclic amines) is 1. The van der Waals surface area contributed by atoms with Crippen molar-refractivity contribution in [2.24, 2.45) is 11.3 Å². The van der Waals surface area contributed by atoms with E-state index in [-0.39, 0.29) is 32.0 Å². The molecule has 0 aromatic heterocycles. The Labute approximate surface area is 258 Å². The first kappa shape index (κ1) is 33.3. The van der Waals surface area contributed by atoms with Crippen molar-refractivity contribution in [3.8, 4) is 0 Å². The first-order valence-corrected chi connectivity index (χ1v) is 15.6. The number of carbonyl (C=O) groups is 2. The van der Waals surface area contributed by atoms with Gasteiger partial charge in [0.25, 0.3) is 5.91 Å². The Morgan fingerprint density at radius 3 is 2.11 bits per heavy atom. The molecule has 1 atom stereocenters. The van der Waals surface area contributed by atoms with Gasteiger partial charge in [0, 0.05) is 64.0 Å². The van der Waals surface area contributed by atoms with Gasteiger partial charge in [-0.15, -0.1) is 0 Å². The summed E-state index contributed by atoms with van der Waals surface area (Å²) in [5.74, 6) is -3.56. The number of halogens is 6. The van der Waals surface area contributed by atoms with Crippen molar-refractivity contribution in [1.82, 2.24) is 20.0 Å². The molecule has 1 spiro atoms. The standard InChI is InChI=1S/C32H40F6N4O3/c33-31(34,35)18-24(19-32(36,37)38)27(43)42-15-11-30(45,29(21-42)9-4-5-10-29)22-40-14-8-25(23-6-2-1-3-7-23)26(20-40)28(44)41-16-12-39-13-17-41/h1-3,6-8,20,24,39,45H,4-5,9-19,21-22H2/t30-/m0/s1. The van der Waals surface area contributed by atoms with E-state index in [2.05, 4.69) is 5.32 Å². The zero-order valence-corrected chi connectivity index (χ0v) is 25.1. The second-order valence-electron chi connectivity index (χ2n) is 12.9. The molecule has 1 aromatic carbocycles. The number of alkyl halides is 6. The van der Waals surface area contributed by atoms with Crippen molar-refractivity contribution in [3.63, 3.8) is 0 Å². The molecule has 3 fully saturated rings. The van der Waals surface area contributed by atoms with Crippen LogP contribution in [0.25, 0.3) is 5.57 Å². The van der Waals surface area contributed by atoms with Crippen LogP contribution in [0, 0.1) is 11.3 Å². The Morgan fingerprint density at radius 1 is 0.889 bits per heavy atom. The van der Waals surface area contributed by atoms with Crippen molar-refractivity contribution >= 4 is 17.4 Å². The molecule has 0 unspecified atom stereocenters. The van der Waals surface area contributed by atoms with Crippen LogP contribution < -0.4 is 5.32 Å². The molecule has 0 bridgehead atoms. The number of benzene rings is 1. The number of β-amino-alcohol motifs (C(OH)–C–C–N with tert-alkyl or cyclic N) is 1. The van der Waals surface area contributed by atoms with Gasteiger partial charge < -0.3 is 25.1 Å². The molecule has 2 saturated heterocycles. The lowest BCUT2D eigenvalue weighted by Crippen LogP contribution is -2.64. The Kier molecular flexibility index (Phi) is 9.61. The van der Waals surface area contributed by atoms with E-state index in [4.69, 9.17) is 0 Å². The lowest BCUT2D eigenvalue weighted by Gasteiger charge is -2.54. The third-order valence-electron chi connectivity index (χ3n) is 9.77. The topological polar surface area (TPSA) is 76.1 Å². The van der Waals surface area contributed by atoms with Crippen molar-refractivity contribution in [1.29, 1.82) is 0 Å². The summed E-state index contributed by atoms with van der Waals surface area (Å²) in [5, 5.41) is 15.5. The molecule has 3 heterocycles. The average molecular weight is 643 g/mol. The van der Waals surface area contributed by atoms with E-state index < -0.39 is 48.0 Å². The molecular formula is C32H40F6N4O3. The highest BCUT2D eigenvalue weighted by molar-refractivity contribution is 6.09. The van der Waals surface area contributed by atoms with Crippen molar-refractivity contribution < 1.29 is 41.0 Å². The molecule has 45 heavy (non-hydrogen) atoms. The van der Waals surface area contributed by atoms with Gasteiger partial charge in [-0.1, -0.05) is 49.2 Å². The van der Waals surface area contributed by atoms with Crippen LogP contribution in [0.1, 0.15) is 50.5 Å². The van der Waals surface area contributed by atoms with Gasteiger partial charge in [0.05, 0.1) is 29.9 Å². The SMILES string of the molecule is O=C(C1=CN(C[C@@]2(O)CCN(C(=O)C(CC(F)(F)F)CC(F)(F)F)CC23CCCC3)CC=C1c1ccccc1)N1CCNCC1. The highest BCUT2D eigenvalue weighted by Crippen LogP contribution is 2.52. The van der Waals surface area contributed by atoms with E-state index >= 15 is 0 Å². The minimum absolute atomic E-state index is 0.00413. The number of nitrogens with one attached hydrogen (secondary N) is 1. The summed E-state index contributed by atoms with van der Waals surface area (Å²) < 4.78 is 79.2. The van der Waals surface area contributed by atoms with Gasteiger partial charge in [-0.05, 0) is 30.4 Å². The van der Waals surface area contributed by atoms with E-state index in [1.807, 2.05) is 41.3 Å². The molecule has 0 radical (unpaired) electrons. The number of hydrogen-bond acceptors (Lipinski definition) is 5. The summed E-state index contributed by atoms with van der Waals surface area (Å²) in [4.78, 5) is 31.8. The number of piperidine rings is 1. The van der Waals surface area contributed by atoms with Crippen LogP contribution in [0.2, 0.25) is 0 Å². The zero-order valence-electron chi connectivity index (χ0n) is 25.1. The Balaban J connectivity index is 1.38. The monoisotopic (exact) mass is 642 g/mol. The van der Waals surface area contributed by atoms with Crippen molar-refractivity contribution in [3.05, 3.63) is 53.7 Å². The normalized spacial score (nSPS) is 24.2. The van der Waals surface area contributed by atoms with E-state index in [1.54, 1.807) is 11.1 Å². The lowest BCUT2D eigenvalue weighted by molar-refractivity contribution is -0.189. The average Bonchev–Trinajstić information content (AvgIpc) is 3.47. The van der Waals surface area contributed by atoms with E-state index in [9.17, 15) is 41.0 Å². The van der Waals surface area contributed by atoms with Gasteiger partial charge in [0.1, 0.15) is 0 Å². The zero-order chi connectivity index (χ0) is 32.5. The van der Waals surface area contributed by atoms with Gasteiger partial charge in [-0.25, -0.2) is 0 Å². The minimum atomic E-state index is -4.93. The number of nitrogens with zero attached hydrogens (tertiary/aromatic N) is 3. The summed E-state index contributed by atoms with van der Waals surface area (Å²) in [6, 6.07) is 9.54. The summed E-state index contributed by atoms with van der Waals surface area (Å²) in [5.41, 5.74) is -0.0901. The third kappa shape index (κ3) is 7.67. The fourth-order valence-electron chi connectivity index (χ4n) is 7.52. The summed E-state index contributed by atoms with van der Waals surface area (Å²) in [6.45, 7) is 2.71. The number of piperazine rings is 1. The minimum Gasteiger partial charge on any atom is -0.387 e.